The number of hydrogen-bond donors (Lipinski definition) is 1. The Bertz CT molecular complexity index is 304. The lowest BCUT2D eigenvalue weighted by Crippen LogP contribution is -2.21. The first-order chi connectivity index (χ1) is 6.74. The van der Waals surface area contributed by atoms with E-state index in [2.05, 4.69) is 5.32 Å². The monoisotopic (exact) mass is 192 g/mol. The molecular weight excluding hydrogens is 180 g/mol. The van der Waals surface area contributed by atoms with Gasteiger partial charge in [0.05, 0.1) is 6.07 Å². The van der Waals surface area contributed by atoms with Gasteiger partial charge in [-0.2, -0.15) is 5.26 Å². The van der Waals surface area contributed by atoms with E-state index in [1.54, 1.807) is 30.3 Å². The largest absolute Gasteiger partial charge is 0.412 e. The number of rotatable bonds is 1. The van der Waals surface area contributed by atoms with Gasteiger partial charge in [0.15, 0.2) is 0 Å². The smallest absolute Gasteiger partial charge is 0.410 e. The van der Waals surface area contributed by atoms with Crippen LogP contribution in [0.15, 0.2) is 30.3 Å². The number of carbonyl (C=O) groups is 1. The molecule has 0 bridgehead atoms. The van der Waals surface area contributed by atoms with Gasteiger partial charge in [-0.1, -0.05) is 18.2 Å². The maximum Gasteiger partial charge on any atom is 0.412 e. The second-order valence-electron chi connectivity index (χ2n) is 2.18. The third kappa shape index (κ3) is 5.61. The molecule has 0 aliphatic heterocycles. The summed E-state index contributed by atoms with van der Waals surface area (Å²) in [5, 5.41) is 9.67. The second kappa shape index (κ2) is 7.62. The Morgan fingerprint density at radius 2 is 1.93 bits per heavy atom. The van der Waals surface area contributed by atoms with Gasteiger partial charge >= 0.3 is 6.09 Å². The number of nitrogens with one attached hydrogen (secondary N) is 1. The SMILES string of the molecule is CC#N.CNC(=O)Oc1ccccc1. The van der Waals surface area contributed by atoms with Gasteiger partial charge in [0.2, 0.25) is 0 Å². The van der Waals surface area contributed by atoms with Crippen molar-refractivity contribution in [3.63, 3.8) is 0 Å². The van der Waals surface area contributed by atoms with Crippen LogP contribution in [0.3, 0.4) is 0 Å². The maximum absolute atomic E-state index is 10.6. The molecule has 0 aliphatic rings. The third-order valence-corrected chi connectivity index (χ3v) is 1.16. The fourth-order valence-corrected chi connectivity index (χ4v) is 0.647. The average Bonchev–Trinajstić information content (AvgIpc) is 2.20. The summed E-state index contributed by atoms with van der Waals surface area (Å²) in [5.74, 6) is 0.548. The zero-order valence-electron chi connectivity index (χ0n) is 8.15. The molecule has 0 heterocycles. The predicted octanol–water partition coefficient (Wildman–Crippen LogP) is 1.93. The summed E-state index contributed by atoms with van der Waals surface area (Å²) in [6.45, 7) is 1.43. The molecule has 0 spiro atoms. The molecule has 1 aromatic carbocycles. The van der Waals surface area contributed by atoms with Crippen LogP contribution >= 0.6 is 0 Å². The van der Waals surface area contributed by atoms with Crippen molar-refractivity contribution in [3.8, 4) is 11.8 Å². The Morgan fingerprint density at radius 1 is 1.43 bits per heavy atom. The first kappa shape index (κ1) is 12.0. The summed E-state index contributed by atoms with van der Waals surface area (Å²) in [6.07, 6.45) is -0.448. The van der Waals surface area contributed by atoms with Crippen LogP contribution in [0.1, 0.15) is 6.92 Å². The highest BCUT2D eigenvalue weighted by molar-refractivity contribution is 5.69. The highest BCUT2D eigenvalue weighted by atomic mass is 16.5. The predicted molar refractivity (Wildman–Crippen MR) is 52.8 cm³/mol. The minimum Gasteiger partial charge on any atom is -0.410 e. The lowest BCUT2D eigenvalue weighted by Gasteiger charge is -2.00. The molecule has 1 N–H and O–H groups in total. The number of nitriles is 1. The molecule has 14 heavy (non-hydrogen) atoms. The number of hydrogen-bond acceptors (Lipinski definition) is 3. The zero-order chi connectivity index (χ0) is 10.8. The van der Waals surface area contributed by atoms with E-state index in [1.807, 2.05) is 6.07 Å². The van der Waals surface area contributed by atoms with Crippen molar-refractivity contribution < 1.29 is 9.53 Å². The summed E-state index contributed by atoms with van der Waals surface area (Å²) in [7, 11) is 1.52. The standard InChI is InChI=1S/C8H9NO2.C2H3N/c1-9-8(10)11-7-5-3-2-4-6-7;1-2-3/h2-6H,1H3,(H,9,10);1H3. The van der Waals surface area contributed by atoms with Crippen molar-refractivity contribution in [1.82, 2.24) is 5.32 Å². The molecule has 4 nitrogen and oxygen atoms in total. The van der Waals surface area contributed by atoms with E-state index in [-0.39, 0.29) is 0 Å². The highest BCUT2D eigenvalue weighted by Gasteiger charge is 1.97. The Morgan fingerprint density at radius 3 is 2.36 bits per heavy atom. The molecule has 1 aromatic rings. The van der Waals surface area contributed by atoms with Crippen LogP contribution in [0.5, 0.6) is 5.75 Å². The Balaban J connectivity index is 0.000000500. The lowest BCUT2D eigenvalue weighted by atomic mass is 10.3. The number of benzene rings is 1. The summed E-state index contributed by atoms with van der Waals surface area (Å²) in [6, 6.07) is 10.7. The Kier molecular flexibility index (Phi) is 6.52. The molecule has 0 aliphatic carbocycles. The zero-order valence-corrected chi connectivity index (χ0v) is 8.15. The molecule has 4 heteroatoms. The van der Waals surface area contributed by atoms with Crippen LogP contribution in [0.2, 0.25) is 0 Å². The van der Waals surface area contributed by atoms with Gasteiger partial charge < -0.3 is 10.1 Å². The van der Waals surface area contributed by atoms with Gasteiger partial charge in [-0.25, -0.2) is 4.79 Å². The molecule has 0 radical (unpaired) electrons. The normalized spacial score (nSPS) is 7.50. The van der Waals surface area contributed by atoms with E-state index in [1.165, 1.54) is 14.0 Å². The molecule has 1 amide bonds. The molecule has 1 rings (SSSR count). The van der Waals surface area contributed by atoms with Crippen LogP contribution in [-0.2, 0) is 0 Å². The Hall–Kier alpha value is -2.02. The van der Waals surface area contributed by atoms with E-state index < -0.39 is 6.09 Å². The number of para-hydroxylation sites is 1. The van der Waals surface area contributed by atoms with Gasteiger partial charge in [0, 0.05) is 14.0 Å². The summed E-state index contributed by atoms with van der Waals surface area (Å²) in [4.78, 5) is 10.6. The first-order valence-electron chi connectivity index (χ1n) is 4.00. The van der Waals surface area contributed by atoms with Gasteiger partial charge in [0.25, 0.3) is 0 Å². The molecule has 0 atom stereocenters. The molecule has 74 valence electrons. The quantitative estimate of drug-likeness (QED) is 0.739. The lowest BCUT2D eigenvalue weighted by molar-refractivity contribution is 0.203. The van der Waals surface area contributed by atoms with Gasteiger partial charge in [0.1, 0.15) is 5.75 Å². The first-order valence-corrected chi connectivity index (χ1v) is 4.00. The molecule has 0 saturated heterocycles. The second-order valence-corrected chi connectivity index (χ2v) is 2.18. The van der Waals surface area contributed by atoms with Crippen molar-refractivity contribution in [1.29, 1.82) is 5.26 Å². The van der Waals surface area contributed by atoms with Crippen molar-refractivity contribution in [3.05, 3.63) is 30.3 Å². The van der Waals surface area contributed by atoms with Crippen LogP contribution in [0.25, 0.3) is 0 Å². The topological polar surface area (TPSA) is 62.1 Å². The van der Waals surface area contributed by atoms with Gasteiger partial charge in [-0.15, -0.1) is 0 Å². The summed E-state index contributed by atoms with van der Waals surface area (Å²) < 4.78 is 4.81. The van der Waals surface area contributed by atoms with Crippen LogP contribution < -0.4 is 10.1 Å². The maximum atomic E-state index is 10.6. The number of carbonyl (C=O) groups excluding carboxylic acids is 1. The molecule has 0 unspecified atom stereocenters. The van der Waals surface area contributed by atoms with Crippen LogP contribution in [0, 0.1) is 11.3 Å². The third-order valence-electron chi connectivity index (χ3n) is 1.16. The fraction of sp³-hybridized carbons (Fsp3) is 0.200. The van der Waals surface area contributed by atoms with E-state index in [9.17, 15) is 4.79 Å². The van der Waals surface area contributed by atoms with Crippen molar-refractivity contribution in [2.45, 2.75) is 6.92 Å². The molecule has 0 saturated carbocycles. The Labute approximate surface area is 83.1 Å². The average molecular weight is 192 g/mol. The van der Waals surface area contributed by atoms with E-state index >= 15 is 0 Å². The van der Waals surface area contributed by atoms with Crippen LogP contribution in [-0.4, -0.2) is 13.1 Å². The van der Waals surface area contributed by atoms with E-state index in [0.717, 1.165) is 0 Å². The number of nitrogens with zero attached hydrogens (tertiary/aromatic N) is 1. The van der Waals surface area contributed by atoms with Crippen molar-refractivity contribution in [2.75, 3.05) is 7.05 Å². The molecular formula is C10H12N2O2. The fourth-order valence-electron chi connectivity index (χ4n) is 0.647. The summed E-state index contributed by atoms with van der Waals surface area (Å²) >= 11 is 0. The molecule has 0 fully saturated rings. The minimum absolute atomic E-state index is 0.448. The van der Waals surface area contributed by atoms with E-state index in [4.69, 9.17) is 10.00 Å². The highest BCUT2D eigenvalue weighted by Crippen LogP contribution is 2.07. The molecule has 0 aromatic heterocycles. The minimum atomic E-state index is -0.448. The summed E-state index contributed by atoms with van der Waals surface area (Å²) in [5.41, 5.74) is 0. The van der Waals surface area contributed by atoms with Crippen molar-refractivity contribution >= 4 is 6.09 Å². The van der Waals surface area contributed by atoms with E-state index in [0.29, 0.717) is 5.75 Å². The van der Waals surface area contributed by atoms with Crippen LogP contribution in [0.4, 0.5) is 4.79 Å². The van der Waals surface area contributed by atoms with Crippen molar-refractivity contribution in [2.24, 2.45) is 0 Å². The number of amides is 1. The van der Waals surface area contributed by atoms with Gasteiger partial charge in [-0.3, -0.25) is 0 Å². The number of ether oxygens (including phenoxy) is 1. The van der Waals surface area contributed by atoms with Gasteiger partial charge in [-0.05, 0) is 12.1 Å².